The Balaban J connectivity index is 1.32. The lowest BCUT2D eigenvalue weighted by atomic mass is 9.96. The van der Waals surface area contributed by atoms with E-state index in [1.165, 1.54) is 11.1 Å². The summed E-state index contributed by atoms with van der Waals surface area (Å²) in [7, 11) is 0. The van der Waals surface area contributed by atoms with Crippen molar-refractivity contribution in [3.63, 3.8) is 0 Å². The molecule has 5 heteroatoms. The van der Waals surface area contributed by atoms with Crippen molar-refractivity contribution in [2.24, 2.45) is 0 Å². The predicted molar refractivity (Wildman–Crippen MR) is 123 cm³/mol. The Hall–Kier alpha value is -2.37. The fourth-order valence-corrected chi connectivity index (χ4v) is 4.93. The Morgan fingerprint density at radius 3 is 2.71 bits per heavy atom. The van der Waals surface area contributed by atoms with E-state index in [1.54, 1.807) is 4.90 Å². The molecule has 0 spiro atoms. The highest BCUT2D eigenvalue weighted by Gasteiger charge is 2.28. The van der Waals surface area contributed by atoms with E-state index < -0.39 is 0 Å². The number of aliphatic hydroxyl groups excluding tert-OH is 1. The van der Waals surface area contributed by atoms with Gasteiger partial charge < -0.3 is 20.1 Å². The number of benzene rings is 2. The van der Waals surface area contributed by atoms with Gasteiger partial charge in [0.15, 0.2) is 0 Å². The van der Waals surface area contributed by atoms with Gasteiger partial charge in [-0.3, -0.25) is 4.79 Å². The minimum atomic E-state index is -0.379. The van der Waals surface area contributed by atoms with Crippen LogP contribution in [0, 0.1) is 0 Å². The van der Waals surface area contributed by atoms with E-state index in [1.807, 2.05) is 25.1 Å². The standard InChI is InChI=1S/C26H34N2O3/c1-3-31-25-6-4-5-21(16-25)18(2)27-23-12-11-22(15-23)19-7-9-20(10-8-19)26(30)28-14-13-24(29)17-28/h4-10,16,18,22-24,27,29H,3,11-15,17H2,1-2H3/t18-,22-,23+,24+/m1/s1. The maximum Gasteiger partial charge on any atom is 0.253 e. The number of carbonyl (C=O) groups is 1. The summed E-state index contributed by atoms with van der Waals surface area (Å²) in [6, 6.07) is 17.2. The molecule has 166 valence electrons. The van der Waals surface area contributed by atoms with Gasteiger partial charge in [0, 0.05) is 30.7 Å². The Kier molecular flexibility index (Phi) is 6.93. The summed E-state index contributed by atoms with van der Waals surface area (Å²) in [5.41, 5.74) is 3.28. The molecule has 2 aromatic rings. The smallest absolute Gasteiger partial charge is 0.253 e. The van der Waals surface area contributed by atoms with Gasteiger partial charge in [-0.1, -0.05) is 24.3 Å². The number of β-amino-alcohol motifs (C(OH)–C–C–N with tert-alkyl or cyclic N) is 1. The van der Waals surface area contributed by atoms with Crippen LogP contribution in [0.5, 0.6) is 5.75 Å². The number of amides is 1. The molecule has 1 aliphatic heterocycles. The van der Waals surface area contributed by atoms with Crippen LogP contribution in [0.15, 0.2) is 48.5 Å². The number of nitrogens with one attached hydrogen (secondary N) is 1. The van der Waals surface area contributed by atoms with Crippen molar-refractivity contribution in [1.29, 1.82) is 0 Å². The molecular formula is C26H34N2O3. The molecule has 1 saturated heterocycles. The SMILES string of the molecule is CCOc1cccc([C@@H](C)N[C@H]2CC[C@@H](c3ccc(C(=O)N4CC[C@H](O)C4)cc3)C2)c1. The van der Waals surface area contributed by atoms with E-state index in [-0.39, 0.29) is 18.1 Å². The summed E-state index contributed by atoms with van der Waals surface area (Å²) in [6.45, 7) is 5.99. The molecule has 1 saturated carbocycles. The third-order valence-electron chi connectivity index (χ3n) is 6.67. The Bertz CT molecular complexity index is 882. The lowest BCUT2D eigenvalue weighted by Gasteiger charge is -2.21. The molecule has 1 amide bonds. The molecule has 2 aromatic carbocycles. The van der Waals surface area contributed by atoms with E-state index in [9.17, 15) is 9.90 Å². The van der Waals surface area contributed by atoms with Crippen molar-refractivity contribution in [2.45, 2.75) is 63.6 Å². The van der Waals surface area contributed by atoms with Crippen LogP contribution in [0.2, 0.25) is 0 Å². The molecule has 1 heterocycles. The molecule has 1 aliphatic carbocycles. The number of hydrogen-bond acceptors (Lipinski definition) is 4. The number of ether oxygens (including phenoxy) is 1. The van der Waals surface area contributed by atoms with Gasteiger partial charge in [0.1, 0.15) is 5.75 Å². The third kappa shape index (κ3) is 5.28. The van der Waals surface area contributed by atoms with Gasteiger partial charge >= 0.3 is 0 Å². The molecule has 0 bridgehead atoms. The van der Waals surface area contributed by atoms with Gasteiger partial charge in [-0.25, -0.2) is 0 Å². The van der Waals surface area contributed by atoms with Crippen LogP contribution >= 0.6 is 0 Å². The number of rotatable bonds is 7. The average molecular weight is 423 g/mol. The number of likely N-dealkylation sites (tertiary alicyclic amines) is 1. The Morgan fingerprint density at radius 1 is 1.19 bits per heavy atom. The van der Waals surface area contributed by atoms with Gasteiger partial charge in [-0.05, 0) is 80.8 Å². The molecule has 0 aromatic heterocycles. The lowest BCUT2D eigenvalue weighted by Crippen LogP contribution is -2.29. The third-order valence-corrected chi connectivity index (χ3v) is 6.67. The largest absolute Gasteiger partial charge is 0.494 e. The first kappa shape index (κ1) is 21.8. The number of nitrogens with zero attached hydrogens (tertiary/aromatic N) is 1. The first-order valence-corrected chi connectivity index (χ1v) is 11.6. The zero-order valence-corrected chi connectivity index (χ0v) is 18.6. The number of aliphatic hydroxyl groups is 1. The van der Waals surface area contributed by atoms with E-state index in [2.05, 4.69) is 42.6 Å². The molecular weight excluding hydrogens is 388 g/mol. The minimum absolute atomic E-state index is 0.0252. The van der Waals surface area contributed by atoms with E-state index >= 15 is 0 Å². The highest BCUT2D eigenvalue weighted by Crippen LogP contribution is 2.36. The summed E-state index contributed by atoms with van der Waals surface area (Å²) in [5.74, 6) is 1.48. The van der Waals surface area contributed by atoms with Gasteiger partial charge in [0.2, 0.25) is 0 Å². The van der Waals surface area contributed by atoms with Crippen molar-refractivity contribution in [3.8, 4) is 5.75 Å². The average Bonchev–Trinajstić information content (AvgIpc) is 3.43. The van der Waals surface area contributed by atoms with Crippen LogP contribution in [-0.2, 0) is 0 Å². The second-order valence-electron chi connectivity index (χ2n) is 8.92. The Labute approximate surface area is 185 Å². The molecule has 31 heavy (non-hydrogen) atoms. The summed E-state index contributed by atoms with van der Waals surface area (Å²) in [4.78, 5) is 14.3. The molecule has 2 aliphatic rings. The lowest BCUT2D eigenvalue weighted by molar-refractivity contribution is 0.0765. The molecule has 0 unspecified atom stereocenters. The van der Waals surface area contributed by atoms with Crippen LogP contribution in [-0.4, -0.2) is 47.8 Å². The first-order chi connectivity index (χ1) is 15.0. The summed E-state index contributed by atoms with van der Waals surface area (Å²) >= 11 is 0. The monoisotopic (exact) mass is 422 g/mol. The molecule has 4 rings (SSSR count). The van der Waals surface area contributed by atoms with Crippen molar-refractivity contribution >= 4 is 5.91 Å². The maximum absolute atomic E-state index is 12.6. The molecule has 0 radical (unpaired) electrons. The predicted octanol–water partition coefficient (Wildman–Crippen LogP) is 4.28. The molecule has 4 atom stereocenters. The van der Waals surface area contributed by atoms with Crippen LogP contribution in [0.25, 0.3) is 0 Å². The zero-order valence-electron chi connectivity index (χ0n) is 18.6. The van der Waals surface area contributed by atoms with Crippen molar-refractivity contribution < 1.29 is 14.6 Å². The quantitative estimate of drug-likeness (QED) is 0.699. The van der Waals surface area contributed by atoms with Gasteiger partial charge in [-0.2, -0.15) is 0 Å². The fourth-order valence-electron chi connectivity index (χ4n) is 4.93. The summed E-state index contributed by atoms with van der Waals surface area (Å²) in [5, 5.41) is 13.5. The van der Waals surface area contributed by atoms with Crippen LogP contribution in [0.3, 0.4) is 0 Å². The number of hydrogen-bond donors (Lipinski definition) is 2. The Morgan fingerprint density at radius 2 is 2.00 bits per heavy atom. The second-order valence-corrected chi connectivity index (χ2v) is 8.92. The molecule has 5 nitrogen and oxygen atoms in total. The molecule has 2 N–H and O–H groups in total. The van der Waals surface area contributed by atoms with E-state index in [0.717, 1.165) is 25.0 Å². The van der Waals surface area contributed by atoms with E-state index in [4.69, 9.17) is 4.74 Å². The normalized spacial score (nSPS) is 24.4. The second kappa shape index (κ2) is 9.84. The first-order valence-electron chi connectivity index (χ1n) is 11.6. The maximum atomic E-state index is 12.6. The summed E-state index contributed by atoms with van der Waals surface area (Å²) < 4.78 is 5.64. The van der Waals surface area contributed by atoms with Crippen LogP contribution < -0.4 is 10.1 Å². The van der Waals surface area contributed by atoms with E-state index in [0.29, 0.717) is 43.6 Å². The zero-order chi connectivity index (χ0) is 21.8. The minimum Gasteiger partial charge on any atom is -0.494 e. The van der Waals surface area contributed by atoms with Crippen molar-refractivity contribution in [1.82, 2.24) is 10.2 Å². The topological polar surface area (TPSA) is 61.8 Å². The van der Waals surface area contributed by atoms with Crippen molar-refractivity contribution in [3.05, 3.63) is 65.2 Å². The van der Waals surface area contributed by atoms with Gasteiger partial charge in [-0.15, -0.1) is 0 Å². The molecule has 2 fully saturated rings. The number of carbonyl (C=O) groups excluding carboxylic acids is 1. The summed E-state index contributed by atoms with van der Waals surface area (Å²) in [6.07, 6.45) is 3.73. The van der Waals surface area contributed by atoms with Crippen LogP contribution in [0.4, 0.5) is 0 Å². The van der Waals surface area contributed by atoms with Crippen LogP contribution in [0.1, 0.15) is 73.0 Å². The van der Waals surface area contributed by atoms with Crippen molar-refractivity contribution in [2.75, 3.05) is 19.7 Å². The highest BCUT2D eigenvalue weighted by atomic mass is 16.5. The van der Waals surface area contributed by atoms with Gasteiger partial charge in [0.05, 0.1) is 12.7 Å². The van der Waals surface area contributed by atoms with Gasteiger partial charge in [0.25, 0.3) is 5.91 Å². The fraction of sp³-hybridized carbons (Fsp3) is 0.500. The highest BCUT2D eigenvalue weighted by molar-refractivity contribution is 5.94.